The third kappa shape index (κ3) is 1.45. The quantitative estimate of drug-likeness (QED) is 0.692. The molecule has 0 spiro atoms. The molecule has 0 radical (unpaired) electrons. The van der Waals surface area contributed by atoms with Crippen molar-refractivity contribution < 1.29 is 5.11 Å². The van der Waals surface area contributed by atoms with Crippen LogP contribution in [0.15, 0.2) is 24.5 Å². The van der Waals surface area contributed by atoms with E-state index in [0.29, 0.717) is 0 Å². The summed E-state index contributed by atoms with van der Waals surface area (Å²) < 4.78 is 1.92. The summed E-state index contributed by atoms with van der Waals surface area (Å²) in [5.41, 5.74) is 1.86. The van der Waals surface area contributed by atoms with Gasteiger partial charge in [-0.15, -0.1) is 0 Å². The second kappa shape index (κ2) is 2.74. The minimum Gasteiger partial charge on any atom is -0.508 e. The van der Waals surface area contributed by atoms with E-state index >= 15 is 0 Å². The molecule has 74 valence electrons. The third-order valence-electron chi connectivity index (χ3n) is 2.21. The van der Waals surface area contributed by atoms with Crippen molar-refractivity contribution in [3.05, 3.63) is 30.2 Å². The highest BCUT2D eigenvalue weighted by Crippen LogP contribution is 2.22. The van der Waals surface area contributed by atoms with E-state index in [9.17, 15) is 5.11 Å². The molecule has 2 rings (SSSR count). The molecule has 0 atom stereocenters. The molecule has 0 fully saturated rings. The lowest BCUT2D eigenvalue weighted by Crippen LogP contribution is -2.11. The second-order valence-corrected chi connectivity index (χ2v) is 4.53. The molecule has 0 aliphatic heterocycles. The summed E-state index contributed by atoms with van der Waals surface area (Å²) in [4.78, 5) is 4.45. The first kappa shape index (κ1) is 9.06. The van der Waals surface area contributed by atoms with E-state index in [1.54, 1.807) is 12.1 Å². The lowest BCUT2D eigenvalue weighted by atomic mass is 9.93. The Bertz CT molecular complexity index is 466. The van der Waals surface area contributed by atoms with Gasteiger partial charge in [0.05, 0.1) is 5.69 Å². The molecule has 2 heterocycles. The van der Waals surface area contributed by atoms with E-state index in [1.807, 2.05) is 16.8 Å². The van der Waals surface area contributed by atoms with Gasteiger partial charge in [0, 0.05) is 23.9 Å². The van der Waals surface area contributed by atoms with Crippen LogP contribution in [0.2, 0.25) is 0 Å². The lowest BCUT2D eigenvalue weighted by Gasteiger charge is -2.13. The number of hydrogen-bond acceptors (Lipinski definition) is 2. The summed E-state index contributed by atoms with van der Waals surface area (Å²) in [6.07, 6.45) is 3.81. The molecule has 0 amide bonds. The summed E-state index contributed by atoms with van der Waals surface area (Å²) in [6.45, 7) is 6.36. The predicted molar refractivity (Wildman–Crippen MR) is 55.6 cm³/mol. The van der Waals surface area contributed by atoms with E-state index < -0.39 is 0 Å². The Hall–Kier alpha value is -1.51. The van der Waals surface area contributed by atoms with E-state index in [2.05, 4.69) is 25.8 Å². The van der Waals surface area contributed by atoms with E-state index in [-0.39, 0.29) is 11.2 Å². The van der Waals surface area contributed by atoms with Crippen LogP contribution in [-0.4, -0.2) is 14.5 Å². The van der Waals surface area contributed by atoms with Crippen molar-refractivity contribution in [1.29, 1.82) is 0 Å². The number of rotatable bonds is 0. The molecule has 0 aliphatic rings. The maximum absolute atomic E-state index is 9.29. The van der Waals surface area contributed by atoms with Crippen LogP contribution in [-0.2, 0) is 5.41 Å². The molecule has 0 aliphatic carbocycles. The molecule has 0 saturated heterocycles. The molecule has 0 unspecified atom stereocenters. The van der Waals surface area contributed by atoms with Crippen LogP contribution in [0.3, 0.4) is 0 Å². The van der Waals surface area contributed by atoms with Gasteiger partial charge in [-0.25, -0.2) is 4.98 Å². The standard InChI is InChI=1S/C11H14N2O/c1-11(2,3)9-7-13-5-4-8(14)6-10(13)12-9/h4-7,14H,1-3H3. The van der Waals surface area contributed by atoms with Gasteiger partial charge in [0.25, 0.3) is 0 Å². The number of imidazole rings is 1. The number of pyridine rings is 1. The Morgan fingerprint density at radius 2 is 2.07 bits per heavy atom. The Morgan fingerprint density at radius 1 is 1.36 bits per heavy atom. The van der Waals surface area contributed by atoms with Gasteiger partial charge < -0.3 is 9.51 Å². The molecule has 3 nitrogen and oxygen atoms in total. The Kier molecular flexibility index (Phi) is 1.77. The Labute approximate surface area is 83.0 Å². The molecule has 1 N–H and O–H groups in total. The zero-order valence-electron chi connectivity index (χ0n) is 8.65. The van der Waals surface area contributed by atoms with Crippen LogP contribution in [0.1, 0.15) is 26.5 Å². The van der Waals surface area contributed by atoms with Crippen LogP contribution >= 0.6 is 0 Å². The second-order valence-electron chi connectivity index (χ2n) is 4.53. The van der Waals surface area contributed by atoms with Gasteiger partial charge in [-0.1, -0.05) is 20.8 Å². The van der Waals surface area contributed by atoms with Gasteiger partial charge in [0.2, 0.25) is 0 Å². The third-order valence-corrected chi connectivity index (χ3v) is 2.21. The molecule has 14 heavy (non-hydrogen) atoms. The Morgan fingerprint density at radius 3 is 2.71 bits per heavy atom. The van der Waals surface area contributed by atoms with Crippen molar-refractivity contribution in [1.82, 2.24) is 9.38 Å². The molecule has 2 aromatic rings. The van der Waals surface area contributed by atoms with Crippen molar-refractivity contribution in [2.75, 3.05) is 0 Å². The van der Waals surface area contributed by atoms with E-state index in [4.69, 9.17) is 0 Å². The fraction of sp³-hybridized carbons (Fsp3) is 0.364. The highest BCUT2D eigenvalue weighted by atomic mass is 16.3. The van der Waals surface area contributed by atoms with Crippen LogP contribution in [0, 0.1) is 0 Å². The average molecular weight is 190 g/mol. The summed E-state index contributed by atoms with van der Waals surface area (Å²) in [7, 11) is 0. The Balaban J connectivity index is 2.63. The monoisotopic (exact) mass is 190 g/mol. The van der Waals surface area contributed by atoms with Gasteiger partial charge in [0.1, 0.15) is 11.4 Å². The van der Waals surface area contributed by atoms with Crippen LogP contribution in [0.25, 0.3) is 5.65 Å². The number of aromatic nitrogens is 2. The topological polar surface area (TPSA) is 37.5 Å². The minimum absolute atomic E-state index is 0.0433. The number of aromatic hydroxyl groups is 1. The highest BCUT2D eigenvalue weighted by molar-refractivity contribution is 5.45. The maximum atomic E-state index is 9.29. The first-order valence-electron chi connectivity index (χ1n) is 4.65. The number of hydrogen-bond donors (Lipinski definition) is 1. The van der Waals surface area contributed by atoms with Crippen LogP contribution in [0.5, 0.6) is 5.75 Å². The first-order valence-corrected chi connectivity index (χ1v) is 4.65. The zero-order chi connectivity index (χ0) is 10.3. The minimum atomic E-state index is 0.0433. The van der Waals surface area contributed by atoms with Gasteiger partial charge in [0.15, 0.2) is 0 Å². The zero-order valence-corrected chi connectivity index (χ0v) is 8.65. The predicted octanol–water partition coefficient (Wildman–Crippen LogP) is 2.34. The van der Waals surface area contributed by atoms with Crippen molar-refractivity contribution >= 4 is 5.65 Å². The summed E-state index contributed by atoms with van der Waals surface area (Å²) in [6, 6.07) is 3.32. The smallest absolute Gasteiger partial charge is 0.140 e. The molecule has 0 saturated carbocycles. The van der Waals surface area contributed by atoms with E-state index in [1.165, 1.54) is 0 Å². The number of nitrogens with zero attached hydrogens (tertiary/aromatic N) is 2. The molecule has 3 heteroatoms. The number of fused-ring (bicyclic) bond motifs is 1. The van der Waals surface area contributed by atoms with Crippen molar-refractivity contribution in [2.24, 2.45) is 0 Å². The summed E-state index contributed by atoms with van der Waals surface area (Å²) in [5, 5.41) is 9.29. The summed E-state index contributed by atoms with van der Waals surface area (Å²) in [5.74, 6) is 0.253. The fourth-order valence-corrected chi connectivity index (χ4v) is 1.33. The van der Waals surface area contributed by atoms with Crippen molar-refractivity contribution in [2.45, 2.75) is 26.2 Å². The molecular formula is C11H14N2O. The van der Waals surface area contributed by atoms with Crippen molar-refractivity contribution in [3.63, 3.8) is 0 Å². The van der Waals surface area contributed by atoms with Gasteiger partial charge in [-0.05, 0) is 6.07 Å². The maximum Gasteiger partial charge on any atom is 0.140 e. The molecule has 0 bridgehead atoms. The average Bonchev–Trinajstić information content (AvgIpc) is 2.45. The van der Waals surface area contributed by atoms with E-state index in [0.717, 1.165) is 11.3 Å². The largest absolute Gasteiger partial charge is 0.508 e. The highest BCUT2D eigenvalue weighted by Gasteiger charge is 2.17. The van der Waals surface area contributed by atoms with Gasteiger partial charge in [-0.2, -0.15) is 0 Å². The normalized spacial score (nSPS) is 12.2. The van der Waals surface area contributed by atoms with Crippen LogP contribution in [0.4, 0.5) is 0 Å². The SMILES string of the molecule is CC(C)(C)c1cn2ccc(O)cc2n1. The fourth-order valence-electron chi connectivity index (χ4n) is 1.33. The van der Waals surface area contributed by atoms with Gasteiger partial charge in [-0.3, -0.25) is 0 Å². The summed E-state index contributed by atoms with van der Waals surface area (Å²) >= 11 is 0. The molecule has 2 aromatic heterocycles. The first-order chi connectivity index (χ1) is 6.47. The molecular weight excluding hydrogens is 176 g/mol. The van der Waals surface area contributed by atoms with Crippen molar-refractivity contribution in [3.8, 4) is 5.75 Å². The molecule has 0 aromatic carbocycles. The van der Waals surface area contributed by atoms with Crippen LogP contribution < -0.4 is 0 Å². The van der Waals surface area contributed by atoms with Gasteiger partial charge >= 0.3 is 0 Å². The lowest BCUT2D eigenvalue weighted by molar-refractivity contribution is 0.475.